The van der Waals surface area contributed by atoms with E-state index >= 15 is 0 Å². The van der Waals surface area contributed by atoms with Crippen LogP contribution in [0.2, 0.25) is 0 Å². The molecule has 1 fully saturated rings. The second-order valence-electron chi connectivity index (χ2n) is 4.14. The van der Waals surface area contributed by atoms with Gasteiger partial charge in [-0.25, -0.2) is 9.78 Å². The number of carbonyl (C=O) groups excluding carboxylic acids is 2. The summed E-state index contributed by atoms with van der Waals surface area (Å²) >= 11 is 0. The molecule has 1 aromatic heterocycles. The third-order valence-corrected chi connectivity index (χ3v) is 2.93. The van der Waals surface area contributed by atoms with Crippen LogP contribution in [0.3, 0.4) is 0 Å². The minimum Gasteiger partial charge on any atom is -0.481 e. The van der Waals surface area contributed by atoms with Crippen molar-refractivity contribution in [1.82, 2.24) is 4.98 Å². The number of carboxylic acids is 1. The average Bonchev–Trinajstić information content (AvgIpc) is 2.80. The lowest BCUT2D eigenvalue weighted by molar-refractivity contribution is -0.141. The zero-order valence-corrected chi connectivity index (χ0v) is 10.2. The topological polar surface area (TPSA) is 96.8 Å². The SMILES string of the molecule is COC(=O)c1ccc(N2CC(C(=O)O)CC2=O)cn1. The molecule has 1 N–H and O–H groups in total. The highest BCUT2D eigenvalue weighted by Crippen LogP contribution is 2.24. The minimum atomic E-state index is -0.991. The van der Waals surface area contributed by atoms with Crippen molar-refractivity contribution in [3.05, 3.63) is 24.0 Å². The van der Waals surface area contributed by atoms with Gasteiger partial charge in [0.2, 0.25) is 5.91 Å². The molecule has 1 unspecified atom stereocenters. The van der Waals surface area contributed by atoms with E-state index in [9.17, 15) is 14.4 Å². The molecule has 1 saturated heterocycles. The maximum absolute atomic E-state index is 11.7. The number of esters is 1. The van der Waals surface area contributed by atoms with Crippen LogP contribution in [0.15, 0.2) is 18.3 Å². The van der Waals surface area contributed by atoms with Crippen molar-refractivity contribution in [2.75, 3.05) is 18.6 Å². The maximum atomic E-state index is 11.7. The Labute approximate surface area is 108 Å². The monoisotopic (exact) mass is 264 g/mol. The Kier molecular flexibility index (Phi) is 3.46. The Balaban J connectivity index is 2.17. The average molecular weight is 264 g/mol. The van der Waals surface area contributed by atoms with Crippen molar-refractivity contribution in [1.29, 1.82) is 0 Å². The van der Waals surface area contributed by atoms with E-state index in [1.165, 1.54) is 24.3 Å². The molecule has 0 spiro atoms. The number of ether oxygens (including phenoxy) is 1. The second-order valence-corrected chi connectivity index (χ2v) is 4.14. The molecule has 2 rings (SSSR count). The number of methoxy groups -OCH3 is 1. The normalized spacial score (nSPS) is 18.5. The number of aromatic nitrogens is 1. The van der Waals surface area contributed by atoms with Crippen LogP contribution in [-0.4, -0.2) is 41.6 Å². The lowest BCUT2D eigenvalue weighted by Gasteiger charge is -2.15. The van der Waals surface area contributed by atoms with Crippen LogP contribution < -0.4 is 4.90 Å². The summed E-state index contributed by atoms with van der Waals surface area (Å²) in [6, 6.07) is 2.98. The molecule has 7 heteroatoms. The molecule has 1 amide bonds. The van der Waals surface area contributed by atoms with E-state index < -0.39 is 17.9 Å². The summed E-state index contributed by atoms with van der Waals surface area (Å²) < 4.78 is 4.51. The van der Waals surface area contributed by atoms with Crippen LogP contribution in [0.5, 0.6) is 0 Å². The number of carboxylic acid groups (broad SMARTS) is 1. The zero-order valence-electron chi connectivity index (χ0n) is 10.2. The molecule has 1 atom stereocenters. The van der Waals surface area contributed by atoms with Crippen molar-refractivity contribution in [2.24, 2.45) is 5.92 Å². The molecule has 19 heavy (non-hydrogen) atoms. The highest BCUT2D eigenvalue weighted by atomic mass is 16.5. The van der Waals surface area contributed by atoms with Crippen molar-refractivity contribution in [2.45, 2.75) is 6.42 Å². The molecular formula is C12H12N2O5. The lowest BCUT2D eigenvalue weighted by Crippen LogP contribution is -2.26. The first-order valence-electron chi connectivity index (χ1n) is 5.60. The first-order chi connectivity index (χ1) is 9.02. The van der Waals surface area contributed by atoms with Gasteiger partial charge in [0.25, 0.3) is 0 Å². The summed E-state index contributed by atoms with van der Waals surface area (Å²) in [6.07, 6.45) is 1.34. The van der Waals surface area contributed by atoms with Gasteiger partial charge < -0.3 is 14.7 Å². The summed E-state index contributed by atoms with van der Waals surface area (Å²) in [6.45, 7) is 0.118. The molecule has 7 nitrogen and oxygen atoms in total. The summed E-state index contributed by atoms with van der Waals surface area (Å²) in [5.74, 6) is -2.52. The van der Waals surface area contributed by atoms with Gasteiger partial charge in [0.15, 0.2) is 0 Å². The maximum Gasteiger partial charge on any atom is 0.356 e. The summed E-state index contributed by atoms with van der Waals surface area (Å²) in [5.41, 5.74) is 0.606. The van der Waals surface area contributed by atoms with Gasteiger partial charge in [0, 0.05) is 13.0 Å². The van der Waals surface area contributed by atoms with Crippen molar-refractivity contribution < 1.29 is 24.2 Å². The van der Waals surface area contributed by atoms with E-state index in [2.05, 4.69) is 9.72 Å². The minimum absolute atomic E-state index is 0.0198. The summed E-state index contributed by atoms with van der Waals surface area (Å²) in [4.78, 5) is 39.0. The Morgan fingerprint density at radius 2 is 2.21 bits per heavy atom. The van der Waals surface area contributed by atoms with Crippen molar-refractivity contribution in [3.8, 4) is 0 Å². The van der Waals surface area contributed by atoms with E-state index in [1.54, 1.807) is 6.07 Å². The van der Waals surface area contributed by atoms with Crippen LogP contribution in [-0.2, 0) is 14.3 Å². The summed E-state index contributed by atoms with van der Waals surface area (Å²) in [5, 5.41) is 8.89. The first kappa shape index (κ1) is 13.0. The van der Waals surface area contributed by atoms with E-state index in [1.807, 2.05) is 0 Å². The van der Waals surface area contributed by atoms with Crippen LogP contribution in [0.1, 0.15) is 16.9 Å². The third-order valence-electron chi connectivity index (χ3n) is 2.93. The fraction of sp³-hybridized carbons (Fsp3) is 0.333. The third kappa shape index (κ3) is 2.54. The molecule has 100 valence electrons. The quantitative estimate of drug-likeness (QED) is 0.789. The molecule has 0 radical (unpaired) electrons. The van der Waals surface area contributed by atoms with Gasteiger partial charge in [-0.3, -0.25) is 9.59 Å². The van der Waals surface area contributed by atoms with Crippen molar-refractivity contribution in [3.63, 3.8) is 0 Å². The molecular weight excluding hydrogens is 252 g/mol. The number of rotatable bonds is 3. The molecule has 2 heterocycles. The molecule has 0 aliphatic carbocycles. The fourth-order valence-electron chi connectivity index (χ4n) is 1.89. The van der Waals surface area contributed by atoms with Gasteiger partial charge in [-0.2, -0.15) is 0 Å². The standard InChI is InChI=1S/C12H12N2O5/c1-19-12(18)9-3-2-8(5-13-9)14-6-7(11(16)17)4-10(14)15/h2-3,5,7H,4,6H2,1H3,(H,16,17). The first-order valence-corrected chi connectivity index (χ1v) is 5.60. The van der Waals surface area contributed by atoms with Gasteiger partial charge in [-0.1, -0.05) is 0 Å². The molecule has 1 aromatic rings. The van der Waals surface area contributed by atoms with Gasteiger partial charge in [-0.05, 0) is 12.1 Å². The molecule has 1 aliphatic rings. The Bertz CT molecular complexity index is 525. The second kappa shape index (κ2) is 5.05. The fourth-order valence-corrected chi connectivity index (χ4v) is 1.89. The Hall–Kier alpha value is -2.44. The van der Waals surface area contributed by atoms with E-state index in [0.717, 1.165) is 0 Å². The molecule has 0 bridgehead atoms. The highest BCUT2D eigenvalue weighted by molar-refractivity contribution is 5.99. The van der Waals surface area contributed by atoms with Crippen LogP contribution >= 0.6 is 0 Å². The van der Waals surface area contributed by atoms with E-state index in [4.69, 9.17) is 5.11 Å². The van der Waals surface area contributed by atoms with Gasteiger partial charge in [0.05, 0.1) is 24.9 Å². The van der Waals surface area contributed by atoms with Gasteiger partial charge in [-0.15, -0.1) is 0 Å². The smallest absolute Gasteiger partial charge is 0.356 e. The van der Waals surface area contributed by atoms with Crippen molar-refractivity contribution >= 4 is 23.5 Å². The number of carbonyl (C=O) groups is 3. The molecule has 1 aliphatic heterocycles. The molecule has 0 aromatic carbocycles. The predicted octanol–water partition coefficient (Wildman–Crippen LogP) is 0.306. The van der Waals surface area contributed by atoms with Gasteiger partial charge in [0.1, 0.15) is 5.69 Å². The van der Waals surface area contributed by atoms with E-state index in [0.29, 0.717) is 5.69 Å². The largest absolute Gasteiger partial charge is 0.481 e. The number of anilines is 1. The van der Waals surface area contributed by atoms with E-state index in [-0.39, 0.29) is 24.6 Å². The predicted molar refractivity (Wildman–Crippen MR) is 63.7 cm³/mol. The van der Waals surface area contributed by atoms with Crippen LogP contribution in [0, 0.1) is 5.92 Å². The Morgan fingerprint density at radius 1 is 1.47 bits per heavy atom. The number of nitrogens with zero attached hydrogens (tertiary/aromatic N) is 2. The molecule has 0 saturated carbocycles. The highest BCUT2D eigenvalue weighted by Gasteiger charge is 2.35. The number of hydrogen-bond donors (Lipinski definition) is 1. The van der Waals surface area contributed by atoms with Gasteiger partial charge >= 0.3 is 11.9 Å². The van der Waals surface area contributed by atoms with Crippen LogP contribution in [0.4, 0.5) is 5.69 Å². The lowest BCUT2D eigenvalue weighted by atomic mass is 10.1. The number of aliphatic carboxylic acids is 1. The summed E-state index contributed by atoms with van der Waals surface area (Å²) in [7, 11) is 1.25. The zero-order chi connectivity index (χ0) is 14.0. The number of pyridine rings is 1. The van der Waals surface area contributed by atoms with Crippen LogP contribution in [0.25, 0.3) is 0 Å². The number of amides is 1. The Morgan fingerprint density at radius 3 is 2.68 bits per heavy atom. The number of hydrogen-bond acceptors (Lipinski definition) is 5.